The number of aliphatic hydroxyl groups excluding tert-OH is 1. The zero-order valence-electron chi connectivity index (χ0n) is 8.18. The topological polar surface area (TPSA) is 72.6 Å². The predicted molar refractivity (Wildman–Crippen MR) is 51.5 cm³/mol. The highest BCUT2D eigenvalue weighted by Crippen LogP contribution is 2.23. The van der Waals surface area contributed by atoms with Crippen LogP contribution in [0.2, 0.25) is 0 Å². The van der Waals surface area contributed by atoms with Gasteiger partial charge >= 0.3 is 6.09 Å². The van der Waals surface area contributed by atoms with Gasteiger partial charge in [0, 0.05) is 5.56 Å². The first-order valence-corrected chi connectivity index (χ1v) is 4.41. The lowest BCUT2D eigenvalue weighted by Gasteiger charge is -2.19. The monoisotopic (exact) mass is 213 g/mol. The Hall–Kier alpha value is -1.62. The quantitative estimate of drug-likeness (QED) is 0.795. The summed E-state index contributed by atoms with van der Waals surface area (Å²) in [5.41, 5.74) is 4.93. The normalized spacial score (nSPS) is 14.3. The number of primary amides is 1. The molecule has 3 N–H and O–H groups in total. The molecule has 0 saturated carbocycles. The van der Waals surface area contributed by atoms with Crippen molar-refractivity contribution in [3.8, 4) is 0 Å². The highest BCUT2D eigenvalue weighted by atomic mass is 19.1. The maximum absolute atomic E-state index is 13.3. The number of carbonyl (C=O) groups excluding carboxylic acids is 1. The maximum atomic E-state index is 13.3. The van der Waals surface area contributed by atoms with Crippen LogP contribution in [0.4, 0.5) is 9.18 Å². The zero-order valence-corrected chi connectivity index (χ0v) is 8.18. The summed E-state index contributed by atoms with van der Waals surface area (Å²) in [4.78, 5) is 10.6. The van der Waals surface area contributed by atoms with Crippen LogP contribution in [0, 0.1) is 5.82 Å². The van der Waals surface area contributed by atoms with Crippen molar-refractivity contribution in [3.63, 3.8) is 0 Å². The number of hydrogen-bond acceptors (Lipinski definition) is 3. The second kappa shape index (κ2) is 4.75. The van der Waals surface area contributed by atoms with Crippen LogP contribution in [0.1, 0.15) is 18.6 Å². The Morgan fingerprint density at radius 1 is 1.53 bits per heavy atom. The van der Waals surface area contributed by atoms with Gasteiger partial charge < -0.3 is 15.6 Å². The van der Waals surface area contributed by atoms with Crippen molar-refractivity contribution < 1.29 is 19.0 Å². The molecule has 0 saturated heterocycles. The van der Waals surface area contributed by atoms with Crippen LogP contribution >= 0.6 is 0 Å². The minimum Gasteiger partial charge on any atom is -0.439 e. The van der Waals surface area contributed by atoms with E-state index in [1.54, 1.807) is 6.07 Å². The minimum absolute atomic E-state index is 0.103. The largest absolute Gasteiger partial charge is 0.439 e. The summed E-state index contributed by atoms with van der Waals surface area (Å²) in [6, 6.07) is 5.73. The molecule has 0 aliphatic heterocycles. The average molecular weight is 213 g/mol. The first kappa shape index (κ1) is 11.5. The van der Waals surface area contributed by atoms with Crippen molar-refractivity contribution in [1.29, 1.82) is 0 Å². The van der Waals surface area contributed by atoms with Crippen LogP contribution in [-0.4, -0.2) is 17.3 Å². The fourth-order valence-electron chi connectivity index (χ4n) is 1.25. The molecule has 2 atom stereocenters. The number of carbonyl (C=O) groups is 1. The molecule has 2 unspecified atom stereocenters. The zero-order chi connectivity index (χ0) is 11.4. The molecular weight excluding hydrogens is 201 g/mol. The summed E-state index contributed by atoms with van der Waals surface area (Å²) in [6.07, 6.45) is -3.16. The third kappa shape index (κ3) is 2.92. The molecule has 0 radical (unpaired) electrons. The molecule has 1 aromatic rings. The molecule has 4 nitrogen and oxygen atoms in total. The van der Waals surface area contributed by atoms with Gasteiger partial charge in [-0.15, -0.1) is 0 Å². The summed E-state index contributed by atoms with van der Waals surface area (Å²) >= 11 is 0. The lowest BCUT2D eigenvalue weighted by atomic mass is 10.0. The summed E-state index contributed by atoms with van der Waals surface area (Å²) in [5.74, 6) is -0.551. The van der Waals surface area contributed by atoms with Gasteiger partial charge in [-0.05, 0) is 13.0 Å². The van der Waals surface area contributed by atoms with Gasteiger partial charge in [-0.1, -0.05) is 18.2 Å². The Morgan fingerprint density at radius 3 is 2.60 bits per heavy atom. The first-order valence-electron chi connectivity index (χ1n) is 4.41. The molecular formula is C10H12FNO3. The van der Waals surface area contributed by atoms with Gasteiger partial charge in [-0.3, -0.25) is 0 Å². The van der Waals surface area contributed by atoms with E-state index in [2.05, 4.69) is 4.74 Å². The van der Waals surface area contributed by atoms with E-state index in [0.29, 0.717) is 0 Å². The maximum Gasteiger partial charge on any atom is 0.405 e. The standard InChI is InChI=1S/C10H12FNO3/c1-6(13)9(15-10(12)14)7-4-2-3-5-8(7)11/h2-6,9,13H,1H3,(H2,12,14). The van der Waals surface area contributed by atoms with Crippen molar-refractivity contribution >= 4 is 6.09 Å². The van der Waals surface area contributed by atoms with Crippen LogP contribution in [0.25, 0.3) is 0 Å². The van der Waals surface area contributed by atoms with Crippen LogP contribution in [0.3, 0.4) is 0 Å². The molecule has 5 heteroatoms. The van der Waals surface area contributed by atoms with Crippen LogP contribution in [-0.2, 0) is 4.74 Å². The lowest BCUT2D eigenvalue weighted by molar-refractivity contribution is 0.0129. The smallest absolute Gasteiger partial charge is 0.405 e. The molecule has 0 heterocycles. The van der Waals surface area contributed by atoms with Gasteiger partial charge in [0.15, 0.2) is 6.10 Å². The van der Waals surface area contributed by atoms with E-state index in [4.69, 9.17) is 5.73 Å². The molecule has 1 amide bonds. The van der Waals surface area contributed by atoms with Crippen molar-refractivity contribution in [2.45, 2.75) is 19.1 Å². The van der Waals surface area contributed by atoms with Gasteiger partial charge in [0.2, 0.25) is 0 Å². The number of benzene rings is 1. The molecule has 1 aromatic carbocycles. The Balaban J connectivity index is 2.99. The molecule has 15 heavy (non-hydrogen) atoms. The van der Waals surface area contributed by atoms with E-state index >= 15 is 0 Å². The van der Waals surface area contributed by atoms with Crippen molar-refractivity contribution in [2.75, 3.05) is 0 Å². The highest BCUT2D eigenvalue weighted by molar-refractivity contribution is 5.65. The Morgan fingerprint density at radius 2 is 2.13 bits per heavy atom. The van der Waals surface area contributed by atoms with E-state index in [0.717, 1.165) is 0 Å². The number of ether oxygens (including phenoxy) is 1. The van der Waals surface area contributed by atoms with E-state index in [1.807, 2.05) is 0 Å². The fraction of sp³-hybridized carbons (Fsp3) is 0.300. The summed E-state index contributed by atoms with van der Waals surface area (Å²) in [7, 11) is 0. The Bertz CT molecular complexity index is 354. The molecule has 82 valence electrons. The molecule has 1 rings (SSSR count). The van der Waals surface area contributed by atoms with Gasteiger partial charge in [0.05, 0.1) is 6.10 Å². The summed E-state index contributed by atoms with van der Waals surface area (Å²) in [6.45, 7) is 1.39. The summed E-state index contributed by atoms with van der Waals surface area (Å²) < 4.78 is 17.9. The van der Waals surface area contributed by atoms with Gasteiger partial charge in [-0.25, -0.2) is 9.18 Å². The van der Waals surface area contributed by atoms with Crippen LogP contribution < -0.4 is 5.73 Å². The summed E-state index contributed by atoms with van der Waals surface area (Å²) in [5, 5.41) is 9.34. The second-order valence-electron chi connectivity index (χ2n) is 3.12. The van der Waals surface area contributed by atoms with Crippen molar-refractivity contribution in [2.24, 2.45) is 5.73 Å². The molecule has 0 fully saturated rings. The Labute approximate surface area is 86.5 Å². The molecule has 0 bridgehead atoms. The molecule has 0 aliphatic rings. The van der Waals surface area contributed by atoms with E-state index in [1.165, 1.54) is 25.1 Å². The van der Waals surface area contributed by atoms with Gasteiger partial charge in [0.25, 0.3) is 0 Å². The van der Waals surface area contributed by atoms with Gasteiger partial charge in [-0.2, -0.15) is 0 Å². The highest BCUT2D eigenvalue weighted by Gasteiger charge is 2.23. The van der Waals surface area contributed by atoms with E-state index in [-0.39, 0.29) is 5.56 Å². The SMILES string of the molecule is CC(O)C(OC(N)=O)c1ccccc1F. The number of rotatable bonds is 3. The number of amides is 1. The Kier molecular flexibility index (Phi) is 3.62. The van der Waals surface area contributed by atoms with Crippen LogP contribution in [0.5, 0.6) is 0 Å². The minimum atomic E-state index is -1.08. The van der Waals surface area contributed by atoms with E-state index in [9.17, 15) is 14.3 Å². The number of aliphatic hydroxyl groups is 1. The van der Waals surface area contributed by atoms with E-state index < -0.39 is 24.1 Å². The number of hydrogen-bond donors (Lipinski definition) is 2. The first-order chi connectivity index (χ1) is 7.02. The fourth-order valence-corrected chi connectivity index (χ4v) is 1.25. The predicted octanol–water partition coefficient (Wildman–Crippen LogP) is 1.34. The number of nitrogens with two attached hydrogens (primary N) is 1. The molecule has 0 aliphatic carbocycles. The average Bonchev–Trinajstić information content (AvgIpc) is 2.15. The number of halogens is 1. The second-order valence-corrected chi connectivity index (χ2v) is 3.12. The van der Waals surface area contributed by atoms with Crippen molar-refractivity contribution in [1.82, 2.24) is 0 Å². The third-order valence-electron chi connectivity index (χ3n) is 1.89. The molecule has 0 aromatic heterocycles. The molecule has 0 spiro atoms. The lowest BCUT2D eigenvalue weighted by Crippen LogP contribution is -2.25. The van der Waals surface area contributed by atoms with Crippen molar-refractivity contribution in [3.05, 3.63) is 35.6 Å². The van der Waals surface area contributed by atoms with Crippen LogP contribution in [0.15, 0.2) is 24.3 Å². The van der Waals surface area contributed by atoms with Gasteiger partial charge in [0.1, 0.15) is 5.82 Å². The third-order valence-corrected chi connectivity index (χ3v) is 1.89.